The van der Waals surface area contributed by atoms with Gasteiger partial charge in [0.05, 0.1) is 12.8 Å². The fourth-order valence-corrected chi connectivity index (χ4v) is 1.18. The van der Waals surface area contributed by atoms with Crippen molar-refractivity contribution in [2.45, 2.75) is 26.4 Å². The summed E-state index contributed by atoms with van der Waals surface area (Å²) < 4.78 is 4.55. The number of aromatic amines is 1. The van der Waals surface area contributed by atoms with Gasteiger partial charge in [-0.2, -0.15) is 0 Å². The number of nitrogens with zero attached hydrogens (tertiary/aromatic N) is 1. The van der Waals surface area contributed by atoms with Crippen LogP contribution in [0.2, 0.25) is 0 Å². The van der Waals surface area contributed by atoms with E-state index in [0.29, 0.717) is 11.5 Å². The average Bonchev–Trinajstić information content (AvgIpc) is 2.45. The van der Waals surface area contributed by atoms with E-state index in [2.05, 4.69) is 14.7 Å². The van der Waals surface area contributed by atoms with E-state index >= 15 is 0 Å². The highest BCUT2D eigenvalue weighted by Gasteiger charge is 2.27. The number of rotatable bonds is 2. The lowest BCUT2D eigenvalue weighted by atomic mass is 10.0. The van der Waals surface area contributed by atoms with Crippen molar-refractivity contribution in [3.8, 4) is 0 Å². The molecule has 78 valence electrons. The number of methoxy groups -OCH3 is 1. The van der Waals surface area contributed by atoms with Crippen LogP contribution >= 0.6 is 0 Å². The summed E-state index contributed by atoms with van der Waals surface area (Å²) in [6.07, 6.45) is 0. The first-order valence-corrected chi connectivity index (χ1v) is 4.24. The van der Waals surface area contributed by atoms with Crippen LogP contribution in [0.5, 0.6) is 0 Å². The Hall–Kier alpha value is -1.36. The fraction of sp³-hybridized carbons (Fsp3) is 0.556. The summed E-state index contributed by atoms with van der Waals surface area (Å²) in [6.45, 7) is 4.86. The second-order valence-electron chi connectivity index (χ2n) is 3.60. The van der Waals surface area contributed by atoms with Gasteiger partial charge in [0.25, 0.3) is 0 Å². The molecule has 1 heterocycles. The molecule has 0 spiro atoms. The zero-order valence-corrected chi connectivity index (χ0v) is 8.71. The van der Waals surface area contributed by atoms with Crippen LogP contribution in [0.4, 0.5) is 0 Å². The van der Waals surface area contributed by atoms with E-state index in [1.807, 2.05) is 0 Å². The van der Waals surface area contributed by atoms with E-state index in [1.54, 1.807) is 20.8 Å². The van der Waals surface area contributed by atoms with Gasteiger partial charge in [-0.3, -0.25) is 0 Å². The number of aryl methyl sites for hydroxylation is 1. The lowest BCUT2D eigenvalue weighted by Gasteiger charge is -2.15. The molecule has 5 heteroatoms. The van der Waals surface area contributed by atoms with Crippen LogP contribution in [-0.4, -0.2) is 28.2 Å². The third-order valence-corrected chi connectivity index (χ3v) is 1.81. The van der Waals surface area contributed by atoms with Crippen molar-refractivity contribution < 1.29 is 14.6 Å². The van der Waals surface area contributed by atoms with Crippen molar-refractivity contribution in [3.63, 3.8) is 0 Å². The molecule has 0 aliphatic heterocycles. The van der Waals surface area contributed by atoms with E-state index in [1.165, 1.54) is 7.11 Å². The standard InChI is InChI=1S/C9H14N2O3/c1-5-10-6(8(12)14-4)7(11-5)9(2,3)13/h13H,1-4H3,(H,10,11). The number of carbonyl (C=O) groups is 1. The molecule has 5 nitrogen and oxygen atoms in total. The lowest BCUT2D eigenvalue weighted by molar-refractivity contribution is 0.0539. The maximum Gasteiger partial charge on any atom is 0.358 e. The molecule has 0 aromatic carbocycles. The molecule has 0 unspecified atom stereocenters. The smallest absolute Gasteiger partial charge is 0.358 e. The predicted molar refractivity (Wildman–Crippen MR) is 49.9 cm³/mol. The normalized spacial score (nSPS) is 11.5. The van der Waals surface area contributed by atoms with Crippen LogP contribution in [0, 0.1) is 6.92 Å². The molecule has 0 atom stereocenters. The predicted octanol–water partition coefficient (Wildman–Crippen LogP) is 0.732. The van der Waals surface area contributed by atoms with Gasteiger partial charge in [-0.15, -0.1) is 0 Å². The number of H-pyrrole nitrogens is 1. The third-order valence-electron chi connectivity index (χ3n) is 1.81. The number of aromatic nitrogens is 2. The van der Waals surface area contributed by atoms with Gasteiger partial charge in [0, 0.05) is 0 Å². The number of esters is 1. The van der Waals surface area contributed by atoms with E-state index < -0.39 is 11.6 Å². The molecule has 14 heavy (non-hydrogen) atoms. The van der Waals surface area contributed by atoms with Crippen LogP contribution in [0.15, 0.2) is 0 Å². The molecule has 0 amide bonds. The lowest BCUT2D eigenvalue weighted by Crippen LogP contribution is -2.20. The Kier molecular flexibility index (Phi) is 2.62. The molecule has 0 aliphatic carbocycles. The Morgan fingerprint density at radius 1 is 1.57 bits per heavy atom. The van der Waals surface area contributed by atoms with Gasteiger partial charge in [0.2, 0.25) is 0 Å². The molecular formula is C9H14N2O3. The molecule has 0 saturated heterocycles. The van der Waals surface area contributed by atoms with Gasteiger partial charge in [-0.05, 0) is 20.8 Å². The van der Waals surface area contributed by atoms with E-state index in [-0.39, 0.29) is 5.69 Å². The number of hydrogen-bond donors (Lipinski definition) is 2. The number of carbonyl (C=O) groups excluding carboxylic acids is 1. The molecule has 2 N–H and O–H groups in total. The van der Waals surface area contributed by atoms with Gasteiger partial charge in [0.15, 0.2) is 5.69 Å². The van der Waals surface area contributed by atoms with Gasteiger partial charge in [0.1, 0.15) is 11.4 Å². The number of aliphatic hydroxyl groups is 1. The molecular weight excluding hydrogens is 184 g/mol. The zero-order chi connectivity index (χ0) is 10.9. The van der Waals surface area contributed by atoms with Crippen molar-refractivity contribution in [2.75, 3.05) is 7.11 Å². The number of nitrogens with one attached hydrogen (secondary N) is 1. The summed E-state index contributed by atoms with van der Waals surface area (Å²) in [7, 11) is 1.28. The van der Waals surface area contributed by atoms with Gasteiger partial charge in [-0.25, -0.2) is 9.78 Å². The monoisotopic (exact) mass is 198 g/mol. The topological polar surface area (TPSA) is 75.2 Å². The second-order valence-corrected chi connectivity index (χ2v) is 3.60. The van der Waals surface area contributed by atoms with E-state index in [9.17, 15) is 9.90 Å². The number of ether oxygens (including phenoxy) is 1. The van der Waals surface area contributed by atoms with Gasteiger partial charge >= 0.3 is 5.97 Å². The molecule has 1 rings (SSSR count). The highest BCUT2D eigenvalue weighted by Crippen LogP contribution is 2.21. The van der Waals surface area contributed by atoms with E-state index in [0.717, 1.165) is 0 Å². The Morgan fingerprint density at radius 3 is 2.57 bits per heavy atom. The van der Waals surface area contributed by atoms with Crippen LogP contribution in [0.3, 0.4) is 0 Å². The summed E-state index contributed by atoms with van der Waals surface area (Å²) in [5, 5.41) is 9.75. The van der Waals surface area contributed by atoms with Crippen LogP contribution in [-0.2, 0) is 10.3 Å². The first kappa shape index (κ1) is 10.7. The minimum absolute atomic E-state index is 0.137. The first-order valence-electron chi connectivity index (χ1n) is 4.24. The minimum Gasteiger partial charge on any atom is -0.464 e. The summed E-state index contributed by atoms with van der Waals surface area (Å²) in [5.74, 6) is 0.0222. The Bertz CT molecular complexity index is 349. The maximum absolute atomic E-state index is 11.3. The first-order chi connectivity index (χ1) is 6.36. The summed E-state index contributed by atoms with van der Waals surface area (Å²) in [4.78, 5) is 18.1. The van der Waals surface area contributed by atoms with Crippen molar-refractivity contribution in [2.24, 2.45) is 0 Å². The van der Waals surface area contributed by atoms with Crippen molar-refractivity contribution >= 4 is 5.97 Å². The highest BCUT2D eigenvalue weighted by atomic mass is 16.5. The molecule has 0 fully saturated rings. The maximum atomic E-state index is 11.3. The molecule has 0 saturated carbocycles. The fourth-order valence-electron chi connectivity index (χ4n) is 1.18. The quantitative estimate of drug-likeness (QED) is 0.687. The van der Waals surface area contributed by atoms with Crippen molar-refractivity contribution in [3.05, 3.63) is 17.2 Å². The molecule has 0 radical (unpaired) electrons. The van der Waals surface area contributed by atoms with Crippen LogP contribution in [0.1, 0.15) is 35.9 Å². The van der Waals surface area contributed by atoms with Crippen molar-refractivity contribution in [1.82, 2.24) is 9.97 Å². The minimum atomic E-state index is -1.13. The third kappa shape index (κ3) is 1.93. The second kappa shape index (κ2) is 3.42. The van der Waals surface area contributed by atoms with E-state index in [4.69, 9.17) is 0 Å². The Labute approximate surface area is 82.1 Å². The molecule has 0 bridgehead atoms. The zero-order valence-electron chi connectivity index (χ0n) is 8.71. The SMILES string of the molecule is COC(=O)c1nc(C)[nH]c1C(C)(C)O. The van der Waals surface area contributed by atoms with Crippen LogP contribution in [0.25, 0.3) is 0 Å². The van der Waals surface area contributed by atoms with Gasteiger partial charge < -0.3 is 14.8 Å². The summed E-state index contributed by atoms with van der Waals surface area (Å²) in [5.41, 5.74) is -0.621. The Balaban J connectivity index is 3.23. The largest absolute Gasteiger partial charge is 0.464 e. The average molecular weight is 198 g/mol. The molecule has 1 aromatic heterocycles. The van der Waals surface area contributed by atoms with Crippen LogP contribution < -0.4 is 0 Å². The molecule has 1 aromatic rings. The van der Waals surface area contributed by atoms with Crippen molar-refractivity contribution in [1.29, 1.82) is 0 Å². The number of imidazole rings is 1. The van der Waals surface area contributed by atoms with Gasteiger partial charge in [-0.1, -0.05) is 0 Å². The summed E-state index contributed by atoms with van der Waals surface area (Å²) in [6, 6.07) is 0. The highest BCUT2D eigenvalue weighted by molar-refractivity contribution is 5.88. The molecule has 0 aliphatic rings. The summed E-state index contributed by atoms with van der Waals surface area (Å²) >= 11 is 0. The number of hydrogen-bond acceptors (Lipinski definition) is 4. The Morgan fingerprint density at radius 2 is 2.14 bits per heavy atom.